The van der Waals surface area contributed by atoms with E-state index in [-0.39, 0.29) is 24.3 Å². The molecule has 32 heavy (non-hydrogen) atoms. The average molecular weight is 457 g/mol. The van der Waals surface area contributed by atoms with Crippen LogP contribution in [0.2, 0.25) is 0 Å². The summed E-state index contributed by atoms with van der Waals surface area (Å²) in [5.41, 5.74) is -0.339. The van der Waals surface area contributed by atoms with Crippen LogP contribution in [0, 0.1) is 0 Å². The molecule has 0 radical (unpaired) electrons. The Labute approximate surface area is 192 Å². The van der Waals surface area contributed by atoms with E-state index < -0.39 is 29.9 Å². The first-order valence-corrected chi connectivity index (χ1v) is 12.2. The van der Waals surface area contributed by atoms with Gasteiger partial charge in [0, 0.05) is 12.8 Å². The van der Waals surface area contributed by atoms with Gasteiger partial charge in [-0.2, -0.15) is 0 Å². The van der Waals surface area contributed by atoms with Crippen LogP contribution in [0.4, 0.5) is 0 Å². The topological polar surface area (TPSA) is 136 Å². The summed E-state index contributed by atoms with van der Waals surface area (Å²) in [7, 11) is 0. The van der Waals surface area contributed by atoms with Crippen LogP contribution in [0.5, 0.6) is 0 Å². The molecule has 0 aliphatic rings. The summed E-state index contributed by atoms with van der Waals surface area (Å²) >= 11 is 0. The van der Waals surface area contributed by atoms with Gasteiger partial charge >= 0.3 is 5.97 Å². The van der Waals surface area contributed by atoms with Gasteiger partial charge in [-0.05, 0) is 19.8 Å². The van der Waals surface area contributed by atoms with Crippen LogP contribution in [0.25, 0.3) is 0 Å². The van der Waals surface area contributed by atoms with Crippen LogP contribution in [0.1, 0.15) is 111 Å². The van der Waals surface area contributed by atoms with E-state index in [1.165, 1.54) is 39.0 Å². The molecule has 8 nitrogen and oxygen atoms in total. The number of nitrogens with one attached hydrogen (secondary N) is 2. The molecule has 8 heteroatoms. The first-order valence-electron chi connectivity index (χ1n) is 12.2. The van der Waals surface area contributed by atoms with Crippen LogP contribution < -0.4 is 10.6 Å². The van der Waals surface area contributed by atoms with Gasteiger partial charge in [0.05, 0.1) is 6.10 Å². The molecule has 0 spiro atoms. The predicted octanol–water partition coefficient (Wildman–Crippen LogP) is 4.32. The van der Waals surface area contributed by atoms with Crippen LogP contribution in [-0.4, -0.2) is 45.2 Å². The number of aliphatic carboxylic acids is 1. The number of hydrogen-bond acceptors (Lipinski definition) is 5. The standard InChI is InChI=1S/C24H44N2O6/c1-4-6-8-9-10-11-12-13-15-17-20(29)25-22(19(28)16-14-7-5-2)23(30)26-21(18(3)27)24(31)32/h18,21,27-28H,4-17H2,1-3H3,(H,25,29)(H,26,30)(H,31,32). The molecule has 0 saturated carbocycles. The van der Waals surface area contributed by atoms with Crippen molar-refractivity contribution in [3.63, 3.8) is 0 Å². The van der Waals surface area contributed by atoms with Crippen molar-refractivity contribution in [2.45, 2.75) is 123 Å². The summed E-state index contributed by atoms with van der Waals surface area (Å²) in [6.07, 6.45) is 11.5. The number of amides is 2. The molecule has 0 rings (SSSR count). The maximum Gasteiger partial charge on any atom is 0.328 e. The largest absolute Gasteiger partial charge is 0.510 e. The van der Waals surface area contributed by atoms with Crippen molar-refractivity contribution >= 4 is 17.8 Å². The van der Waals surface area contributed by atoms with Crippen molar-refractivity contribution in [3.05, 3.63) is 11.5 Å². The molecular formula is C24H44N2O6. The Bertz CT molecular complexity index is 589. The van der Waals surface area contributed by atoms with E-state index in [1.807, 2.05) is 6.92 Å². The van der Waals surface area contributed by atoms with Crippen LogP contribution in [-0.2, 0) is 14.4 Å². The summed E-state index contributed by atoms with van der Waals surface area (Å²) in [4.78, 5) is 36.2. The predicted molar refractivity (Wildman–Crippen MR) is 125 cm³/mol. The second kappa shape index (κ2) is 18.5. The molecule has 0 heterocycles. The lowest BCUT2D eigenvalue weighted by Crippen LogP contribution is -2.50. The molecule has 2 amide bonds. The van der Waals surface area contributed by atoms with Crippen molar-refractivity contribution in [2.75, 3.05) is 0 Å². The number of carbonyl (C=O) groups is 3. The molecule has 0 aromatic rings. The third-order valence-electron chi connectivity index (χ3n) is 5.34. The molecule has 0 aliphatic heterocycles. The van der Waals surface area contributed by atoms with Gasteiger partial charge in [0.25, 0.3) is 5.91 Å². The van der Waals surface area contributed by atoms with Gasteiger partial charge in [0.1, 0.15) is 11.5 Å². The second-order valence-electron chi connectivity index (χ2n) is 8.44. The first-order chi connectivity index (χ1) is 15.2. The SMILES string of the molecule is CCCCCCCCCCCC(=O)NC(C(=O)NC(C(=O)O)C(C)O)=C(O)CCCCC. The molecule has 0 bridgehead atoms. The highest BCUT2D eigenvalue weighted by Crippen LogP contribution is 2.13. The van der Waals surface area contributed by atoms with Crippen molar-refractivity contribution in [2.24, 2.45) is 0 Å². The molecule has 0 fully saturated rings. The number of carbonyl (C=O) groups excluding carboxylic acids is 2. The summed E-state index contributed by atoms with van der Waals surface area (Å²) in [5.74, 6) is -3.01. The van der Waals surface area contributed by atoms with E-state index in [4.69, 9.17) is 0 Å². The number of hydrogen-bond donors (Lipinski definition) is 5. The third kappa shape index (κ3) is 14.1. The van der Waals surface area contributed by atoms with Crippen LogP contribution >= 0.6 is 0 Å². The normalized spacial score (nSPS) is 13.8. The Morgan fingerprint density at radius 3 is 1.72 bits per heavy atom. The Morgan fingerprint density at radius 1 is 0.750 bits per heavy atom. The van der Waals surface area contributed by atoms with Crippen LogP contribution in [0.3, 0.4) is 0 Å². The zero-order valence-electron chi connectivity index (χ0n) is 20.1. The molecular weight excluding hydrogens is 412 g/mol. The van der Waals surface area contributed by atoms with E-state index in [0.717, 1.165) is 32.1 Å². The zero-order valence-corrected chi connectivity index (χ0v) is 20.1. The van der Waals surface area contributed by atoms with Gasteiger partial charge in [-0.1, -0.05) is 78.1 Å². The molecule has 0 aromatic heterocycles. The lowest BCUT2D eigenvalue weighted by atomic mass is 10.1. The van der Waals surface area contributed by atoms with E-state index >= 15 is 0 Å². The van der Waals surface area contributed by atoms with Gasteiger partial charge in [-0.15, -0.1) is 0 Å². The number of aliphatic hydroxyl groups is 2. The fourth-order valence-corrected chi connectivity index (χ4v) is 3.33. The minimum atomic E-state index is -1.55. The molecule has 2 unspecified atom stereocenters. The monoisotopic (exact) mass is 456 g/mol. The molecule has 5 N–H and O–H groups in total. The van der Waals surface area contributed by atoms with Gasteiger partial charge < -0.3 is 26.0 Å². The minimum absolute atomic E-state index is 0.196. The van der Waals surface area contributed by atoms with Gasteiger partial charge in [0.15, 0.2) is 6.04 Å². The quantitative estimate of drug-likeness (QED) is 0.112. The highest BCUT2D eigenvalue weighted by atomic mass is 16.4. The highest BCUT2D eigenvalue weighted by molar-refractivity contribution is 5.99. The van der Waals surface area contributed by atoms with Gasteiger partial charge in [-0.3, -0.25) is 9.59 Å². The van der Waals surface area contributed by atoms with E-state index in [9.17, 15) is 29.7 Å². The summed E-state index contributed by atoms with van der Waals surface area (Å²) in [5, 5.41) is 33.8. The summed E-state index contributed by atoms with van der Waals surface area (Å²) in [6.45, 7) is 5.44. The van der Waals surface area contributed by atoms with Crippen molar-refractivity contribution in [3.8, 4) is 0 Å². The number of unbranched alkanes of at least 4 members (excludes halogenated alkanes) is 10. The first kappa shape index (κ1) is 29.9. The zero-order chi connectivity index (χ0) is 24.4. The number of rotatable bonds is 19. The Balaban J connectivity index is 4.75. The number of allylic oxidation sites excluding steroid dienone is 1. The fourth-order valence-electron chi connectivity index (χ4n) is 3.33. The molecule has 0 aromatic carbocycles. The molecule has 0 saturated heterocycles. The van der Waals surface area contributed by atoms with Crippen molar-refractivity contribution < 1.29 is 29.7 Å². The average Bonchev–Trinajstić information content (AvgIpc) is 2.74. The Hall–Kier alpha value is -2.09. The lowest BCUT2D eigenvalue weighted by molar-refractivity contribution is -0.144. The van der Waals surface area contributed by atoms with Crippen LogP contribution in [0.15, 0.2) is 11.5 Å². The van der Waals surface area contributed by atoms with Crippen molar-refractivity contribution in [1.82, 2.24) is 10.6 Å². The Morgan fingerprint density at radius 2 is 1.22 bits per heavy atom. The molecule has 0 aliphatic carbocycles. The summed E-state index contributed by atoms with van der Waals surface area (Å²) < 4.78 is 0. The van der Waals surface area contributed by atoms with E-state index in [2.05, 4.69) is 17.6 Å². The smallest absolute Gasteiger partial charge is 0.328 e. The third-order valence-corrected chi connectivity index (χ3v) is 5.34. The number of carboxylic acid groups (broad SMARTS) is 1. The van der Waals surface area contributed by atoms with E-state index in [1.54, 1.807) is 0 Å². The maximum atomic E-state index is 12.6. The van der Waals surface area contributed by atoms with Gasteiger partial charge in [-0.25, -0.2) is 4.79 Å². The number of aliphatic hydroxyl groups excluding tert-OH is 2. The molecule has 186 valence electrons. The molecule has 2 atom stereocenters. The van der Waals surface area contributed by atoms with Crippen molar-refractivity contribution in [1.29, 1.82) is 0 Å². The number of carboxylic acids is 1. The fraction of sp³-hybridized carbons (Fsp3) is 0.792. The highest BCUT2D eigenvalue weighted by Gasteiger charge is 2.28. The van der Waals surface area contributed by atoms with E-state index in [0.29, 0.717) is 12.8 Å². The minimum Gasteiger partial charge on any atom is -0.510 e. The lowest BCUT2D eigenvalue weighted by Gasteiger charge is -2.19. The maximum absolute atomic E-state index is 12.6. The second-order valence-corrected chi connectivity index (χ2v) is 8.44. The summed E-state index contributed by atoms with van der Waals surface area (Å²) in [6, 6.07) is -1.55. The van der Waals surface area contributed by atoms with Gasteiger partial charge in [0.2, 0.25) is 5.91 Å². The Kier molecular flexibility index (Phi) is 17.3.